The molecule has 0 radical (unpaired) electrons. The molecule has 1 aliphatic rings. The van der Waals surface area contributed by atoms with Gasteiger partial charge in [0.15, 0.2) is 0 Å². The number of nitrogens with zero attached hydrogens (tertiary/aromatic N) is 1. The Morgan fingerprint density at radius 1 is 1.39 bits per heavy atom. The van der Waals surface area contributed by atoms with Crippen molar-refractivity contribution in [1.29, 1.82) is 0 Å². The van der Waals surface area contributed by atoms with Crippen molar-refractivity contribution in [2.24, 2.45) is 0 Å². The molecule has 2 N–H and O–H groups in total. The zero-order chi connectivity index (χ0) is 17.0. The molecule has 0 aliphatic carbocycles. The topological polar surface area (TPSA) is 78.5 Å². The number of benzene rings is 1. The highest BCUT2D eigenvalue weighted by Gasteiger charge is 2.26. The fourth-order valence-electron chi connectivity index (χ4n) is 2.57. The van der Waals surface area contributed by atoms with Gasteiger partial charge in [-0.05, 0) is 50.6 Å². The average Bonchev–Trinajstić information content (AvgIpc) is 2.50. The maximum Gasteiger partial charge on any atom is 0.243 e. The van der Waals surface area contributed by atoms with Gasteiger partial charge in [-0.1, -0.05) is 11.6 Å². The average molecular weight is 360 g/mol. The maximum absolute atomic E-state index is 12.4. The van der Waals surface area contributed by atoms with Crippen LogP contribution in [-0.2, 0) is 14.8 Å². The van der Waals surface area contributed by atoms with Crippen LogP contribution in [0.1, 0.15) is 19.8 Å². The molecule has 6 nitrogen and oxygen atoms in total. The Morgan fingerprint density at radius 3 is 2.65 bits per heavy atom. The summed E-state index contributed by atoms with van der Waals surface area (Å²) in [5.74, 6) is -0.300. The summed E-state index contributed by atoms with van der Waals surface area (Å²) < 4.78 is 25.9. The highest BCUT2D eigenvalue weighted by Crippen LogP contribution is 2.17. The zero-order valence-corrected chi connectivity index (χ0v) is 14.8. The van der Waals surface area contributed by atoms with E-state index in [0.29, 0.717) is 5.02 Å². The SMILES string of the molecule is CC1NCCCC1NC(=O)CN(C)S(=O)(=O)c1ccc(Cl)cc1. The van der Waals surface area contributed by atoms with Crippen LogP contribution < -0.4 is 10.6 Å². The van der Waals surface area contributed by atoms with Crippen molar-refractivity contribution in [1.82, 2.24) is 14.9 Å². The van der Waals surface area contributed by atoms with Crippen molar-refractivity contribution in [2.45, 2.75) is 36.7 Å². The monoisotopic (exact) mass is 359 g/mol. The predicted molar refractivity (Wildman–Crippen MR) is 89.9 cm³/mol. The van der Waals surface area contributed by atoms with Crippen molar-refractivity contribution >= 4 is 27.5 Å². The summed E-state index contributed by atoms with van der Waals surface area (Å²) in [4.78, 5) is 12.2. The summed E-state index contributed by atoms with van der Waals surface area (Å²) in [6, 6.07) is 6.10. The molecule has 2 unspecified atom stereocenters. The lowest BCUT2D eigenvalue weighted by molar-refractivity contribution is -0.122. The van der Waals surface area contributed by atoms with E-state index in [1.807, 2.05) is 6.92 Å². The molecule has 2 rings (SSSR count). The first kappa shape index (κ1) is 18.2. The number of carbonyl (C=O) groups is 1. The van der Waals surface area contributed by atoms with Crippen molar-refractivity contribution in [2.75, 3.05) is 20.1 Å². The van der Waals surface area contributed by atoms with E-state index >= 15 is 0 Å². The third kappa shape index (κ3) is 4.67. The predicted octanol–water partition coefficient (Wildman–Crippen LogP) is 1.22. The molecule has 0 saturated carbocycles. The number of likely N-dealkylation sites (N-methyl/N-ethyl adjacent to an activating group) is 1. The minimum Gasteiger partial charge on any atom is -0.351 e. The van der Waals surface area contributed by atoms with E-state index in [4.69, 9.17) is 11.6 Å². The Balaban J connectivity index is 1.98. The lowest BCUT2D eigenvalue weighted by atomic mass is 10.00. The van der Waals surface area contributed by atoms with Crippen LogP contribution >= 0.6 is 11.6 Å². The molecule has 0 aromatic heterocycles. The Hall–Kier alpha value is -1.15. The zero-order valence-electron chi connectivity index (χ0n) is 13.3. The van der Waals surface area contributed by atoms with Crippen LogP contribution in [0.4, 0.5) is 0 Å². The van der Waals surface area contributed by atoms with Crippen LogP contribution in [0.15, 0.2) is 29.2 Å². The molecule has 23 heavy (non-hydrogen) atoms. The molecule has 128 valence electrons. The first-order valence-electron chi connectivity index (χ1n) is 7.55. The summed E-state index contributed by atoms with van der Waals surface area (Å²) in [5, 5.41) is 6.66. The first-order valence-corrected chi connectivity index (χ1v) is 9.37. The van der Waals surface area contributed by atoms with Gasteiger partial charge < -0.3 is 10.6 Å². The second-order valence-corrected chi connectivity index (χ2v) is 8.26. The van der Waals surface area contributed by atoms with Gasteiger partial charge in [-0.25, -0.2) is 8.42 Å². The molecule has 1 heterocycles. The molecule has 1 fully saturated rings. The summed E-state index contributed by atoms with van der Waals surface area (Å²) in [6.07, 6.45) is 1.89. The van der Waals surface area contributed by atoms with Crippen LogP contribution in [0.25, 0.3) is 0 Å². The van der Waals surface area contributed by atoms with Gasteiger partial charge in [0.05, 0.1) is 11.4 Å². The van der Waals surface area contributed by atoms with Gasteiger partial charge in [0, 0.05) is 24.2 Å². The fourth-order valence-corrected chi connectivity index (χ4v) is 3.82. The first-order chi connectivity index (χ1) is 10.8. The van der Waals surface area contributed by atoms with E-state index < -0.39 is 10.0 Å². The van der Waals surface area contributed by atoms with Gasteiger partial charge in [0.1, 0.15) is 0 Å². The molecule has 1 saturated heterocycles. The van der Waals surface area contributed by atoms with Crippen LogP contribution in [0.2, 0.25) is 5.02 Å². The number of rotatable bonds is 5. The quantitative estimate of drug-likeness (QED) is 0.828. The van der Waals surface area contributed by atoms with Gasteiger partial charge in [-0.15, -0.1) is 0 Å². The lowest BCUT2D eigenvalue weighted by Crippen LogP contribution is -2.53. The van der Waals surface area contributed by atoms with Gasteiger partial charge in [-0.2, -0.15) is 4.31 Å². The van der Waals surface area contributed by atoms with Crippen molar-refractivity contribution < 1.29 is 13.2 Å². The summed E-state index contributed by atoms with van der Waals surface area (Å²) in [5.41, 5.74) is 0. The van der Waals surface area contributed by atoms with Crippen molar-refractivity contribution in [3.05, 3.63) is 29.3 Å². The van der Waals surface area contributed by atoms with E-state index in [9.17, 15) is 13.2 Å². The van der Waals surface area contributed by atoms with E-state index in [0.717, 1.165) is 23.7 Å². The van der Waals surface area contributed by atoms with Crippen LogP contribution in [0.3, 0.4) is 0 Å². The molecule has 0 spiro atoms. The molecule has 1 aliphatic heterocycles. The van der Waals surface area contributed by atoms with Crippen LogP contribution in [-0.4, -0.2) is 50.9 Å². The van der Waals surface area contributed by atoms with E-state index in [2.05, 4.69) is 10.6 Å². The molecule has 8 heteroatoms. The molecular weight excluding hydrogens is 338 g/mol. The van der Waals surface area contributed by atoms with Gasteiger partial charge in [0.25, 0.3) is 0 Å². The lowest BCUT2D eigenvalue weighted by Gasteiger charge is -2.31. The van der Waals surface area contributed by atoms with E-state index in [1.165, 1.54) is 31.3 Å². The number of piperidine rings is 1. The Labute approximate surface area is 142 Å². The van der Waals surface area contributed by atoms with Crippen LogP contribution in [0.5, 0.6) is 0 Å². The number of nitrogens with one attached hydrogen (secondary N) is 2. The Bertz CT molecular complexity index is 648. The third-order valence-electron chi connectivity index (χ3n) is 4.00. The number of hydrogen-bond acceptors (Lipinski definition) is 4. The van der Waals surface area contributed by atoms with Crippen molar-refractivity contribution in [3.63, 3.8) is 0 Å². The second-order valence-electron chi connectivity index (χ2n) is 5.77. The van der Waals surface area contributed by atoms with Gasteiger partial charge in [-0.3, -0.25) is 4.79 Å². The smallest absolute Gasteiger partial charge is 0.243 e. The van der Waals surface area contributed by atoms with Gasteiger partial charge >= 0.3 is 0 Å². The van der Waals surface area contributed by atoms with E-state index in [1.54, 1.807) is 0 Å². The number of hydrogen-bond donors (Lipinski definition) is 2. The number of sulfonamides is 1. The number of carbonyl (C=O) groups excluding carboxylic acids is 1. The Morgan fingerprint density at radius 2 is 2.04 bits per heavy atom. The summed E-state index contributed by atoms with van der Waals surface area (Å²) in [7, 11) is -2.31. The summed E-state index contributed by atoms with van der Waals surface area (Å²) in [6.45, 7) is 2.74. The largest absolute Gasteiger partial charge is 0.351 e. The Kier molecular flexibility index (Phi) is 6.02. The second kappa shape index (κ2) is 7.61. The van der Waals surface area contributed by atoms with Crippen molar-refractivity contribution in [3.8, 4) is 0 Å². The normalized spacial score (nSPS) is 22.1. The summed E-state index contributed by atoms with van der Waals surface area (Å²) >= 11 is 5.77. The fraction of sp³-hybridized carbons (Fsp3) is 0.533. The standard InChI is InChI=1S/C15H22ClN3O3S/c1-11-14(4-3-9-17-11)18-15(20)10-19(2)23(21,22)13-7-5-12(16)6-8-13/h5-8,11,14,17H,3-4,9-10H2,1-2H3,(H,18,20). The molecule has 1 amide bonds. The molecule has 1 aromatic rings. The molecular formula is C15H22ClN3O3S. The van der Waals surface area contributed by atoms with Gasteiger partial charge in [0.2, 0.25) is 15.9 Å². The number of halogens is 1. The number of amides is 1. The highest BCUT2D eigenvalue weighted by molar-refractivity contribution is 7.89. The minimum atomic E-state index is -3.71. The highest BCUT2D eigenvalue weighted by atomic mass is 35.5. The van der Waals surface area contributed by atoms with E-state index in [-0.39, 0.29) is 29.4 Å². The molecule has 1 aromatic carbocycles. The molecule has 0 bridgehead atoms. The minimum absolute atomic E-state index is 0.0304. The maximum atomic E-state index is 12.4. The molecule has 2 atom stereocenters. The van der Waals surface area contributed by atoms with Crippen LogP contribution in [0, 0.1) is 0 Å². The third-order valence-corrected chi connectivity index (χ3v) is 6.07.